The number of nitrogens with two attached hydrogens (primary N) is 1. The molecule has 1 aromatic carbocycles. The molecule has 1 amide bonds. The molecule has 0 saturated carbocycles. The van der Waals surface area contributed by atoms with E-state index in [0.717, 1.165) is 17.0 Å². The summed E-state index contributed by atoms with van der Waals surface area (Å²) in [5.74, 6) is 0.454. The van der Waals surface area contributed by atoms with E-state index in [1.54, 1.807) is 10.6 Å². The molecule has 0 aliphatic rings. The zero-order valence-corrected chi connectivity index (χ0v) is 15.6. The summed E-state index contributed by atoms with van der Waals surface area (Å²) in [4.78, 5) is 12.1. The molecule has 27 heavy (non-hydrogen) atoms. The summed E-state index contributed by atoms with van der Waals surface area (Å²) in [7, 11) is 0. The molecule has 2 N–H and O–H groups in total. The fourth-order valence-corrected chi connectivity index (χ4v) is 4.02. The fourth-order valence-electron chi connectivity index (χ4n) is 2.39. The first kappa shape index (κ1) is 19.4. The van der Waals surface area contributed by atoms with Crippen molar-refractivity contribution < 1.29 is 18.0 Å². The van der Waals surface area contributed by atoms with Crippen molar-refractivity contribution in [1.82, 2.24) is 14.8 Å². The predicted molar refractivity (Wildman–Crippen MR) is 98.2 cm³/mol. The summed E-state index contributed by atoms with van der Waals surface area (Å²) in [5.41, 5.74) is 5.09. The Kier molecular flexibility index (Phi) is 5.85. The normalized spacial score (nSPS) is 11.7. The maximum atomic E-state index is 12.9. The van der Waals surface area contributed by atoms with Crippen LogP contribution in [0, 0.1) is 0 Å². The summed E-state index contributed by atoms with van der Waals surface area (Å²) in [5, 5.41) is 10.7. The van der Waals surface area contributed by atoms with Crippen LogP contribution in [0.5, 0.6) is 0 Å². The minimum atomic E-state index is -4.38. The molecule has 142 valence electrons. The highest BCUT2D eigenvalue weighted by Gasteiger charge is 2.30. The molecule has 0 aliphatic carbocycles. The van der Waals surface area contributed by atoms with Gasteiger partial charge in [-0.2, -0.15) is 13.2 Å². The van der Waals surface area contributed by atoms with Gasteiger partial charge in [-0.05, 0) is 23.1 Å². The number of halogens is 3. The monoisotopic (exact) mass is 412 g/mol. The Morgan fingerprint density at radius 3 is 2.70 bits per heavy atom. The number of alkyl halides is 3. The van der Waals surface area contributed by atoms with Gasteiger partial charge in [0, 0.05) is 18.7 Å². The number of nitrogens with zero attached hydrogens (tertiary/aromatic N) is 3. The number of benzene rings is 1. The molecule has 0 atom stereocenters. The number of carbonyl (C=O) groups excluding carboxylic acids is 1. The largest absolute Gasteiger partial charge is 0.416 e. The lowest BCUT2D eigenvalue weighted by Gasteiger charge is -2.10. The van der Waals surface area contributed by atoms with Gasteiger partial charge in [0.15, 0.2) is 11.0 Å². The third-order valence-corrected chi connectivity index (χ3v) is 5.57. The van der Waals surface area contributed by atoms with Crippen molar-refractivity contribution in [2.45, 2.75) is 30.1 Å². The Labute approximate surface area is 161 Å². The van der Waals surface area contributed by atoms with Crippen LogP contribution in [0.3, 0.4) is 0 Å². The van der Waals surface area contributed by atoms with Crippen LogP contribution in [-0.2, 0) is 23.3 Å². The average Bonchev–Trinajstić information content (AvgIpc) is 3.27. The summed E-state index contributed by atoms with van der Waals surface area (Å²) < 4.78 is 40.3. The van der Waals surface area contributed by atoms with Crippen molar-refractivity contribution in [2.24, 2.45) is 5.73 Å². The summed E-state index contributed by atoms with van der Waals surface area (Å²) in [6.45, 7) is 0.306. The lowest BCUT2D eigenvalue weighted by molar-refractivity contribution is -0.137. The molecule has 2 aromatic heterocycles. The van der Waals surface area contributed by atoms with Gasteiger partial charge in [0.2, 0.25) is 5.91 Å². The van der Waals surface area contributed by atoms with E-state index in [1.807, 2.05) is 17.5 Å². The van der Waals surface area contributed by atoms with E-state index < -0.39 is 17.6 Å². The first-order valence-electron chi connectivity index (χ1n) is 7.89. The van der Waals surface area contributed by atoms with E-state index in [0.29, 0.717) is 28.8 Å². The number of thiophene rings is 1. The van der Waals surface area contributed by atoms with Crippen LogP contribution in [0.15, 0.2) is 46.9 Å². The van der Waals surface area contributed by atoms with Crippen molar-refractivity contribution in [1.29, 1.82) is 0 Å². The third-order valence-electron chi connectivity index (χ3n) is 3.66. The Balaban J connectivity index is 1.81. The Bertz CT molecular complexity index is 923. The van der Waals surface area contributed by atoms with E-state index >= 15 is 0 Å². The van der Waals surface area contributed by atoms with Crippen LogP contribution in [0.2, 0.25) is 0 Å². The lowest BCUT2D eigenvalue weighted by atomic mass is 10.1. The van der Waals surface area contributed by atoms with E-state index in [1.165, 1.54) is 29.2 Å². The van der Waals surface area contributed by atoms with Gasteiger partial charge in [0.1, 0.15) is 0 Å². The van der Waals surface area contributed by atoms with Crippen LogP contribution in [0.4, 0.5) is 13.2 Å². The first-order chi connectivity index (χ1) is 12.8. The van der Waals surface area contributed by atoms with Gasteiger partial charge in [-0.1, -0.05) is 36.0 Å². The lowest BCUT2D eigenvalue weighted by Crippen LogP contribution is -2.14. The van der Waals surface area contributed by atoms with Crippen molar-refractivity contribution in [3.8, 4) is 10.7 Å². The number of carbonyl (C=O) groups is 1. The van der Waals surface area contributed by atoms with Gasteiger partial charge in [-0.3, -0.25) is 4.79 Å². The second kappa shape index (κ2) is 8.13. The highest BCUT2D eigenvalue weighted by atomic mass is 32.2. The molecule has 10 heteroatoms. The molecule has 0 bridgehead atoms. The molecular weight excluding hydrogens is 397 g/mol. The van der Waals surface area contributed by atoms with Crippen molar-refractivity contribution in [2.75, 3.05) is 0 Å². The van der Waals surface area contributed by atoms with Crippen LogP contribution >= 0.6 is 23.1 Å². The van der Waals surface area contributed by atoms with Gasteiger partial charge >= 0.3 is 6.18 Å². The topological polar surface area (TPSA) is 73.8 Å². The Hall–Kier alpha value is -2.33. The Morgan fingerprint density at radius 1 is 1.22 bits per heavy atom. The number of primary amides is 1. The van der Waals surface area contributed by atoms with Crippen LogP contribution in [0.1, 0.15) is 17.5 Å². The van der Waals surface area contributed by atoms with Crippen molar-refractivity contribution in [3.05, 3.63) is 52.9 Å². The zero-order chi connectivity index (χ0) is 19.4. The SMILES string of the molecule is NC(=O)CCn1c(SCc2cccc(C(F)(F)F)c2)nnc1-c1cccs1. The standard InChI is InChI=1S/C17H15F3N4OS2/c18-17(19,20)12-4-1-3-11(9-12)10-27-16-23-22-15(13-5-2-8-26-13)24(16)7-6-14(21)25/h1-5,8-9H,6-7,10H2,(H2,21,25). The van der Waals surface area contributed by atoms with E-state index in [9.17, 15) is 18.0 Å². The second-order valence-electron chi connectivity index (χ2n) is 5.64. The maximum Gasteiger partial charge on any atom is 0.416 e. The molecule has 0 aliphatic heterocycles. The van der Waals surface area contributed by atoms with Gasteiger partial charge in [-0.15, -0.1) is 21.5 Å². The van der Waals surface area contributed by atoms with Crippen molar-refractivity contribution >= 4 is 29.0 Å². The quantitative estimate of drug-likeness (QED) is 0.591. The number of amides is 1. The molecule has 3 rings (SSSR count). The number of hydrogen-bond donors (Lipinski definition) is 1. The van der Waals surface area contributed by atoms with Gasteiger partial charge < -0.3 is 10.3 Å². The summed E-state index contributed by atoms with van der Waals surface area (Å²) in [6, 6.07) is 8.94. The Morgan fingerprint density at radius 2 is 2.04 bits per heavy atom. The van der Waals surface area contributed by atoms with E-state index in [2.05, 4.69) is 10.2 Å². The highest BCUT2D eigenvalue weighted by molar-refractivity contribution is 7.98. The van der Waals surface area contributed by atoms with Gasteiger partial charge in [-0.25, -0.2) is 0 Å². The molecule has 5 nitrogen and oxygen atoms in total. The minimum absolute atomic E-state index is 0.119. The molecule has 0 unspecified atom stereocenters. The van der Waals surface area contributed by atoms with Crippen molar-refractivity contribution in [3.63, 3.8) is 0 Å². The van der Waals surface area contributed by atoms with Crippen LogP contribution in [-0.4, -0.2) is 20.7 Å². The fraction of sp³-hybridized carbons (Fsp3) is 0.235. The molecule has 2 heterocycles. The first-order valence-corrected chi connectivity index (χ1v) is 9.75. The number of rotatable bonds is 7. The molecule has 3 aromatic rings. The van der Waals surface area contributed by atoms with Gasteiger partial charge in [0.05, 0.1) is 10.4 Å². The minimum Gasteiger partial charge on any atom is -0.370 e. The maximum absolute atomic E-state index is 12.9. The van der Waals surface area contributed by atoms with Crippen LogP contribution in [0.25, 0.3) is 10.7 Å². The van der Waals surface area contributed by atoms with E-state index in [4.69, 9.17) is 5.73 Å². The molecule has 0 radical (unpaired) electrons. The smallest absolute Gasteiger partial charge is 0.370 e. The molecule has 0 spiro atoms. The van der Waals surface area contributed by atoms with Gasteiger partial charge in [0.25, 0.3) is 0 Å². The zero-order valence-electron chi connectivity index (χ0n) is 13.9. The number of aromatic nitrogens is 3. The van der Waals surface area contributed by atoms with Crippen LogP contribution < -0.4 is 5.73 Å². The summed E-state index contributed by atoms with van der Waals surface area (Å²) >= 11 is 2.75. The third kappa shape index (κ3) is 4.89. The number of hydrogen-bond acceptors (Lipinski definition) is 5. The number of thioether (sulfide) groups is 1. The molecular formula is C17H15F3N4OS2. The second-order valence-corrected chi connectivity index (χ2v) is 7.53. The molecule has 0 saturated heterocycles. The highest BCUT2D eigenvalue weighted by Crippen LogP contribution is 2.32. The van der Waals surface area contributed by atoms with E-state index in [-0.39, 0.29) is 6.42 Å². The average molecular weight is 412 g/mol. The predicted octanol–water partition coefficient (Wildman–Crippen LogP) is 4.19. The molecule has 0 fully saturated rings. The summed E-state index contributed by atoms with van der Waals surface area (Å²) in [6.07, 6.45) is -4.26.